The average molecular weight is 220 g/mol. The fourth-order valence-corrected chi connectivity index (χ4v) is 2.32. The molecule has 0 saturated carbocycles. The number of hydrogen-bond acceptors (Lipinski definition) is 3. The maximum Gasteiger partial charge on any atom is 0.0703 e. The minimum atomic E-state index is 0.133. The number of nitrogens with two attached hydrogens (primary N) is 1. The zero-order chi connectivity index (χ0) is 11.5. The van der Waals surface area contributed by atoms with E-state index in [-0.39, 0.29) is 6.04 Å². The molecule has 1 aliphatic carbocycles. The Hall–Kier alpha value is -1.13. The van der Waals surface area contributed by atoms with Crippen LogP contribution in [-0.2, 0) is 7.05 Å². The molecule has 0 amide bonds. The summed E-state index contributed by atoms with van der Waals surface area (Å²) >= 11 is 0. The van der Waals surface area contributed by atoms with Crippen LogP contribution in [0.2, 0.25) is 0 Å². The van der Waals surface area contributed by atoms with Crippen LogP contribution in [0, 0.1) is 6.92 Å². The summed E-state index contributed by atoms with van der Waals surface area (Å²) in [6.45, 7) is 2.08. The van der Waals surface area contributed by atoms with Gasteiger partial charge in [-0.2, -0.15) is 5.10 Å². The molecule has 0 saturated heterocycles. The molecular formula is C12H20N4. The molecule has 1 heterocycles. The smallest absolute Gasteiger partial charge is 0.0703 e. The van der Waals surface area contributed by atoms with Crippen molar-refractivity contribution in [3.63, 3.8) is 0 Å². The van der Waals surface area contributed by atoms with E-state index in [1.54, 1.807) is 0 Å². The maximum absolute atomic E-state index is 5.69. The third kappa shape index (κ3) is 2.03. The van der Waals surface area contributed by atoms with Gasteiger partial charge < -0.3 is 0 Å². The third-order valence-corrected chi connectivity index (χ3v) is 3.45. The van der Waals surface area contributed by atoms with Crippen molar-refractivity contribution in [2.45, 2.75) is 38.6 Å². The molecule has 4 nitrogen and oxygen atoms in total. The van der Waals surface area contributed by atoms with Gasteiger partial charge in [-0.1, -0.05) is 11.6 Å². The maximum atomic E-state index is 5.69. The van der Waals surface area contributed by atoms with Gasteiger partial charge >= 0.3 is 0 Å². The van der Waals surface area contributed by atoms with E-state index in [9.17, 15) is 0 Å². The zero-order valence-electron chi connectivity index (χ0n) is 10.0. The summed E-state index contributed by atoms with van der Waals surface area (Å²) in [5.74, 6) is 5.69. The van der Waals surface area contributed by atoms with Crippen LogP contribution >= 0.6 is 0 Å². The molecule has 1 aromatic rings. The van der Waals surface area contributed by atoms with Gasteiger partial charge in [0.1, 0.15) is 0 Å². The van der Waals surface area contributed by atoms with Gasteiger partial charge in [-0.25, -0.2) is 5.43 Å². The number of aromatic nitrogens is 2. The average Bonchev–Trinajstić information content (AvgIpc) is 2.64. The van der Waals surface area contributed by atoms with Crippen molar-refractivity contribution in [3.8, 4) is 0 Å². The Morgan fingerprint density at radius 2 is 2.31 bits per heavy atom. The lowest BCUT2D eigenvalue weighted by molar-refractivity contribution is 0.562. The van der Waals surface area contributed by atoms with E-state index < -0.39 is 0 Å². The molecule has 4 heteroatoms. The molecule has 88 valence electrons. The minimum Gasteiger partial charge on any atom is -0.273 e. The first-order valence-corrected chi connectivity index (χ1v) is 5.87. The molecule has 0 radical (unpaired) electrons. The molecule has 1 unspecified atom stereocenters. The van der Waals surface area contributed by atoms with Crippen LogP contribution in [0.15, 0.2) is 17.8 Å². The normalized spacial score (nSPS) is 18.3. The highest BCUT2D eigenvalue weighted by molar-refractivity contribution is 5.30. The van der Waals surface area contributed by atoms with Gasteiger partial charge in [0.2, 0.25) is 0 Å². The molecule has 1 atom stereocenters. The van der Waals surface area contributed by atoms with E-state index in [1.165, 1.54) is 36.1 Å². The highest BCUT2D eigenvalue weighted by atomic mass is 15.3. The molecule has 3 N–H and O–H groups in total. The fraction of sp³-hybridized carbons (Fsp3) is 0.583. The summed E-state index contributed by atoms with van der Waals surface area (Å²) in [4.78, 5) is 0. The van der Waals surface area contributed by atoms with E-state index in [2.05, 4.69) is 23.5 Å². The predicted octanol–water partition coefficient (Wildman–Crippen LogP) is 1.73. The second-order valence-electron chi connectivity index (χ2n) is 4.43. The first-order valence-electron chi connectivity index (χ1n) is 5.87. The van der Waals surface area contributed by atoms with Gasteiger partial charge in [-0.3, -0.25) is 10.5 Å². The zero-order valence-corrected chi connectivity index (χ0v) is 10.0. The minimum absolute atomic E-state index is 0.133. The van der Waals surface area contributed by atoms with Crippen molar-refractivity contribution in [2.24, 2.45) is 12.9 Å². The van der Waals surface area contributed by atoms with Crippen molar-refractivity contribution in [2.75, 3.05) is 0 Å². The Morgan fingerprint density at radius 1 is 1.50 bits per heavy atom. The molecule has 0 aliphatic heterocycles. The second-order valence-corrected chi connectivity index (χ2v) is 4.43. The summed E-state index contributed by atoms with van der Waals surface area (Å²) in [5.41, 5.74) is 6.70. The lowest BCUT2D eigenvalue weighted by Crippen LogP contribution is -2.30. The van der Waals surface area contributed by atoms with E-state index in [1.807, 2.05) is 17.9 Å². The van der Waals surface area contributed by atoms with Crippen LogP contribution in [0.25, 0.3) is 0 Å². The van der Waals surface area contributed by atoms with Gasteiger partial charge in [0.15, 0.2) is 0 Å². The Labute approximate surface area is 96.5 Å². The fourth-order valence-electron chi connectivity index (χ4n) is 2.32. The topological polar surface area (TPSA) is 55.9 Å². The molecule has 0 spiro atoms. The molecule has 0 fully saturated rings. The molecule has 2 rings (SSSR count). The number of hydrogen-bond donors (Lipinski definition) is 2. The van der Waals surface area contributed by atoms with Crippen molar-refractivity contribution in [3.05, 3.63) is 29.1 Å². The molecule has 0 aromatic carbocycles. The highest BCUT2D eigenvalue weighted by Crippen LogP contribution is 2.30. The number of rotatable bonds is 3. The first kappa shape index (κ1) is 11.4. The Morgan fingerprint density at radius 3 is 2.81 bits per heavy atom. The van der Waals surface area contributed by atoms with Crippen LogP contribution in [0.4, 0.5) is 0 Å². The molecule has 1 aromatic heterocycles. The molecule has 16 heavy (non-hydrogen) atoms. The summed E-state index contributed by atoms with van der Waals surface area (Å²) in [6, 6.07) is 0.133. The molecule has 1 aliphatic rings. The van der Waals surface area contributed by atoms with Gasteiger partial charge in [0.25, 0.3) is 0 Å². The molecule has 0 bridgehead atoms. The van der Waals surface area contributed by atoms with Crippen LogP contribution in [-0.4, -0.2) is 9.78 Å². The molecular weight excluding hydrogens is 200 g/mol. The van der Waals surface area contributed by atoms with E-state index in [0.29, 0.717) is 0 Å². The Balaban J connectivity index is 2.28. The van der Waals surface area contributed by atoms with Crippen molar-refractivity contribution in [1.29, 1.82) is 0 Å². The van der Waals surface area contributed by atoms with Crippen molar-refractivity contribution < 1.29 is 0 Å². The lowest BCUT2D eigenvalue weighted by Gasteiger charge is -2.22. The van der Waals surface area contributed by atoms with Crippen LogP contribution in [0.1, 0.15) is 43.0 Å². The second kappa shape index (κ2) is 4.80. The largest absolute Gasteiger partial charge is 0.273 e. The number of allylic oxidation sites excluding steroid dienone is 1. The quantitative estimate of drug-likeness (QED) is 0.463. The monoisotopic (exact) mass is 220 g/mol. The number of aryl methyl sites for hydroxylation is 1. The first-order chi connectivity index (χ1) is 7.74. The highest BCUT2D eigenvalue weighted by Gasteiger charge is 2.20. The summed E-state index contributed by atoms with van der Waals surface area (Å²) in [7, 11) is 1.96. The van der Waals surface area contributed by atoms with E-state index >= 15 is 0 Å². The van der Waals surface area contributed by atoms with Gasteiger partial charge in [-0.05, 0) is 32.6 Å². The van der Waals surface area contributed by atoms with Crippen molar-refractivity contribution >= 4 is 0 Å². The number of hydrazine groups is 1. The predicted molar refractivity (Wildman–Crippen MR) is 64.6 cm³/mol. The number of nitrogens with one attached hydrogen (secondary N) is 1. The third-order valence-electron chi connectivity index (χ3n) is 3.45. The SMILES string of the molecule is Cc1c(C(NN)C2=CCCCC2)cnn1C. The van der Waals surface area contributed by atoms with E-state index in [4.69, 9.17) is 5.84 Å². The Kier molecular flexibility index (Phi) is 3.41. The van der Waals surface area contributed by atoms with Gasteiger partial charge in [0.05, 0.1) is 12.2 Å². The van der Waals surface area contributed by atoms with Gasteiger partial charge in [-0.15, -0.1) is 0 Å². The van der Waals surface area contributed by atoms with Crippen LogP contribution < -0.4 is 11.3 Å². The summed E-state index contributed by atoms with van der Waals surface area (Å²) in [6.07, 6.45) is 9.11. The summed E-state index contributed by atoms with van der Waals surface area (Å²) in [5, 5.41) is 4.27. The van der Waals surface area contributed by atoms with Crippen LogP contribution in [0.3, 0.4) is 0 Å². The lowest BCUT2D eigenvalue weighted by atomic mass is 9.90. The summed E-state index contributed by atoms with van der Waals surface area (Å²) < 4.78 is 1.89. The van der Waals surface area contributed by atoms with E-state index in [0.717, 1.165) is 6.42 Å². The Bertz CT molecular complexity index is 392. The van der Waals surface area contributed by atoms with Gasteiger partial charge in [0, 0.05) is 18.3 Å². The number of nitrogens with zero attached hydrogens (tertiary/aromatic N) is 2. The van der Waals surface area contributed by atoms with Crippen LogP contribution in [0.5, 0.6) is 0 Å². The standard InChI is InChI=1S/C12H20N4/c1-9-11(8-14-16(9)2)12(15-13)10-6-4-3-5-7-10/h6,8,12,15H,3-5,7,13H2,1-2H3. The van der Waals surface area contributed by atoms with Crippen molar-refractivity contribution in [1.82, 2.24) is 15.2 Å².